The molecule has 1 heterocycles. The first-order chi connectivity index (χ1) is 9.95. The lowest BCUT2D eigenvalue weighted by Gasteiger charge is -2.07. The summed E-state index contributed by atoms with van der Waals surface area (Å²) in [6.07, 6.45) is 3.04. The first kappa shape index (κ1) is 14.2. The van der Waals surface area contributed by atoms with Gasteiger partial charge < -0.3 is 5.32 Å². The maximum atomic E-state index is 13.2. The molecule has 1 N–H and O–H groups in total. The van der Waals surface area contributed by atoms with Gasteiger partial charge in [-0.3, -0.25) is 4.79 Å². The molecule has 1 amide bonds. The van der Waals surface area contributed by atoms with Crippen LogP contribution in [0.2, 0.25) is 0 Å². The summed E-state index contributed by atoms with van der Waals surface area (Å²) in [7, 11) is -4.87. The third-order valence-corrected chi connectivity index (χ3v) is 5.49. The maximum Gasteiger partial charge on any atom is 0.334 e. The number of rotatable bonds is 3. The van der Waals surface area contributed by atoms with E-state index in [0.717, 1.165) is 25.3 Å². The van der Waals surface area contributed by atoms with Crippen LogP contribution in [-0.2, 0) is 23.1 Å². The van der Waals surface area contributed by atoms with Crippen molar-refractivity contribution in [2.75, 3.05) is 5.32 Å². The van der Waals surface area contributed by atoms with Gasteiger partial charge in [0.25, 0.3) is 5.91 Å². The Morgan fingerprint density at radius 2 is 2.00 bits per heavy atom. The summed E-state index contributed by atoms with van der Waals surface area (Å²) >= 11 is 1.41. The van der Waals surface area contributed by atoms with Crippen molar-refractivity contribution in [3.05, 3.63) is 45.6 Å². The van der Waals surface area contributed by atoms with E-state index in [9.17, 15) is 17.1 Å². The molecule has 0 fully saturated rings. The monoisotopic (exact) mass is 325 g/mol. The zero-order chi connectivity index (χ0) is 15.0. The second kappa shape index (κ2) is 5.23. The van der Waals surface area contributed by atoms with Crippen LogP contribution < -0.4 is 5.32 Å². The minimum atomic E-state index is -4.87. The molecule has 0 aliphatic heterocycles. The van der Waals surface area contributed by atoms with E-state index in [1.54, 1.807) is 6.07 Å². The van der Waals surface area contributed by atoms with Gasteiger partial charge >= 0.3 is 10.2 Å². The van der Waals surface area contributed by atoms with Gasteiger partial charge in [-0.15, -0.1) is 15.2 Å². The number of amides is 1. The molecule has 1 aliphatic rings. The van der Waals surface area contributed by atoms with E-state index < -0.39 is 21.0 Å². The third kappa shape index (κ3) is 2.84. The average molecular weight is 325 g/mol. The number of nitrogens with one attached hydrogen (secondary N) is 1. The number of carbonyl (C=O) groups excluding carboxylic acids is 1. The Balaban J connectivity index is 1.88. The van der Waals surface area contributed by atoms with Crippen molar-refractivity contribution in [3.8, 4) is 0 Å². The van der Waals surface area contributed by atoms with Gasteiger partial charge in [-0.1, -0.05) is 12.1 Å². The van der Waals surface area contributed by atoms with Crippen LogP contribution in [0, 0.1) is 0 Å². The zero-order valence-electron chi connectivity index (χ0n) is 10.9. The fourth-order valence-electron chi connectivity index (χ4n) is 2.41. The van der Waals surface area contributed by atoms with E-state index in [0.29, 0.717) is 4.88 Å². The molecule has 1 aromatic heterocycles. The molecule has 1 aliphatic carbocycles. The van der Waals surface area contributed by atoms with Crippen LogP contribution in [0.3, 0.4) is 0 Å². The summed E-state index contributed by atoms with van der Waals surface area (Å²) < 4.78 is 35.3. The van der Waals surface area contributed by atoms with Gasteiger partial charge in [-0.2, -0.15) is 8.42 Å². The number of anilines is 1. The van der Waals surface area contributed by atoms with Crippen LogP contribution in [0.25, 0.3) is 0 Å². The summed E-state index contributed by atoms with van der Waals surface area (Å²) in [6.45, 7) is 0. The largest absolute Gasteiger partial charge is 0.334 e. The Labute approximate surface area is 125 Å². The molecule has 3 rings (SSSR count). The van der Waals surface area contributed by atoms with E-state index in [1.807, 2.05) is 6.07 Å². The van der Waals surface area contributed by atoms with Crippen molar-refractivity contribution in [3.63, 3.8) is 0 Å². The minimum Gasteiger partial charge on any atom is -0.320 e. The van der Waals surface area contributed by atoms with Crippen molar-refractivity contribution in [1.29, 1.82) is 0 Å². The van der Waals surface area contributed by atoms with Crippen molar-refractivity contribution in [1.82, 2.24) is 0 Å². The number of thiophene rings is 1. The molecule has 7 heteroatoms. The SMILES string of the molecule is O=C(Nc1ccccc1S(=O)(=O)F)c1cc2c(s1)CCC2. The number of fused-ring (bicyclic) bond motifs is 1. The number of hydrogen-bond donors (Lipinski definition) is 1. The van der Waals surface area contributed by atoms with Crippen molar-refractivity contribution in [2.24, 2.45) is 0 Å². The second-order valence-corrected chi connectivity index (χ2v) is 7.25. The maximum absolute atomic E-state index is 13.2. The molecule has 4 nitrogen and oxygen atoms in total. The Kier molecular flexibility index (Phi) is 3.54. The van der Waals surface area contributed by atoms with Crippen molar-refractivity contribution >= 4 is 33.2 Å². The van der Waals surface area contributed by atoms with E-state index >= 15 is 0 Å². The molecule has 0 unspecified atom stereocenters. The highest BCUT2D eigenvalue weighted by Gasteiger charge is 2.21. The average Bonchev–Trinajstić information content (AvgIpc) is 2.98. The molecule has 2 aromatic rings. The zero-order valence-corrected chi connectivity index (χ0v) is 12.6. The van der Waals surface area contributed by atoms with E-state index in [2.05, 4.69) is 5.32 Å². The smallest absolute Gasteiger partial charge is 0.320 e. The molecule has 1 aromatic carbocycles. The molecule has 0 saturated carbocycles. The van der Waals surface area contributed by atoms with Crippen molar-refractivity contribution in [2.45, 2.75) is 24.2 Å². The highest BCUT2D eigenvalue weighted by Crippen LogP contribution is 2.31. The molecular formula is C14H12FNO3S2. The molecule has 110 valence electrons. The first-order valence-corrected chi connectivity index (χ1v) is 8.62. The summed E-state index contributed by atoms with van der Waals surface area (Å²) in [6, 6.07) is 7.26. The highest BCUT2D eigenvalue weighted by atomic mass is 32.3. The molecule has 21 heavy (non-hydrogen) atoms. The first-order valence-electron chi connectivity index (χ1n) is 6.42. The summed E-state index contributed by atoms with van der Waals surface area (Å²) in [5.41, 5.74) is 1.13. The quantitative estimate of drug-likeness (QED) is 0.882. The Hall–Kier alpha value is -1.73. The van der Waals surface area contributed by atoms with Crippen LogP contribution in [0.5, 0.6) is 0 Å². The van der Waals surface area contributed by atoms with E-state index in [4.69, 9.17) is 0 Å². The minimum absolute atomic E-state index is 0.0430. The Morgan fingerprint density at radius 3 is 2.71 bits per heavy atom. The standard InChI is InChI=1S/C14H12FNO3S2/c15-21(18,19)13-7-2-1-5-10(13)16-14(17)12-8-9-4-3-6-11(9)20-12/h1-2,5,7-8H,3-4,6H2,(H,16,17). The lowest BCUT2D eigenvalue weighted by Crippen LogP contribution is -2.12. The lowest BCUT2D eigenvalue weighted by molar-refractivity contribution is 0.103. The molecule has 0 bridgehead atoms. The van der Waals surface area contributed by atoms with E-state index in [-0.39, 0.29) is 5.69 Å². The number of hydrogen-bond acceptors (Lipinski definition) is 4. The van der Waals surface area contributed by atoms with Gasteiger partial charge in [0.1, 0.15) is 4.90 Å². The predicted molar refractivity (Wildman–Crippen MR) is 79.0 cm³/mol. The topological polar surface area (TPSA) is 63.2 Å². The number of benzene rings is 1. The van der Waals surface area contributed by atoms with Crippen LogP contribution in [-0.4, -0.2) is 14.3 Å². The molecule has 0 saturated heterocycles. The van der Waals surface area contributed by atoms with Gasteiger partial charge in [-0.05, 0) is 43.0 Å². The summed E-state index contributed by atoms with van der Waals surface area (Å²) in [5.74, 6) is -0.412. The lowest BCUT2D eigenvalue weighted by atomic mass is 10.2. The summed E-state index contributed by atoms with van der Waals surface area (Å²) in [4.78, 5) is 13.4. The Morgan fingerprint density at radius 1 is 1.24 bits per heavy atom. The van der Waals surface area contributed by atoms with Gasteiger partial charge in [-0.25, -0.2) is 0 Å². The third-order valence-electron chi connectivity index (χ3n) is 3.37. The van der Waals surface area contributed by atoms with Gasteiger partial charge in [0.2, 0.25) is 0 Å². The van der Waals surface area contributed by atoms with Crippen LogP contribution in [0.4, 0.5) is 9.57 Å². The molecule has 0 radical (unpaired) electrons. The fourth-order valence-corrected chi connectivity index (χ4v) is 4.18. The molecular weight excluding hydrogens is 313 g/mol. The highest BCUT2D eigenvalue weighted by molar-refractivity contribution is 7.86. The van der Waals surface area contributed by atoms with Crippen molar-refractivity contribution < 1.29 is 17.1 Å². The van der Waals surface area contributed by atoms with Gasteiger partial charge in [0, 0.05) is 4.88 Å². The molecule has 0 spiro atoms. The van der Waals surface area contributed by atoms with Gasteiger partial charge in [0.05, 0.1) is 10.6 Å². The van der Waals surface area contributed by atoms with Crippen LogP contribution >= 0.6 is 11.3 Å². The van der Waals surface area contributed by atoms with Gasteiger partial charge in [0.15, 0.2) is 0 Å². The Bertz CT molecular complexity index is 790. The normalized spacial score (nSPS) is 14.0. The number of aryl methyl sites for hydroxylation is 2. The number of para-hydroxylation sites is 1. The molecule has 0 atom stereocenters. The fraction of sp³-hybridized carbons (Fsp3) is 0.214. The predicted octanol–water partition coefficient (Wildman–Crippen LogP) is 3.15. The summed E-state index contributed by atoms with van der Waals surface area (Å²) in [5, 5.41) is 2.47. The number of carbonyl (C=O) groups is 1. The second-order valence-electron chi connectivity index (χ2n) is 4.80. The number of halogens is 1. The van der Waals surface area contributed by atoms with E-state index in [1.165, 1.54) is 33.9 Å². The van der Waals surface area contributed by atoms with Crippen LogP contribution in [0.1, 0.15) is 26.5 Å². The van der Waals surface area contributed by atoms with Crippen LogP contribution in [0.15, 0.2) is 35.2 Å².